The second-order valence-electron chi connectivity index (χ2n) is 5.80. The normalized spacial score (nSPS) is 19.2. The predicted molar refractivity (Wildman–Crippen MR) is 86.5 cm³/mol. The molecule has 2 atom stereocenters. The molecule has 1 aliphatic rings. The van der Waals surface area contributed by atoms with Gasteiger partial charge in [-0.2, -0.15) is 0 Å². The van der Waals surface area contributed by atoms with Gasteiger partial charge in [-0.05, 0) is 31.7 Å². The van der Waals surface area contributed by atoms with Crippen LogP contribution < -0.4 is 16.0 Å². The molecule has 0 aliphatic carbocycles. The summed E-state index contributed by atoms with van der Waals surface area (Å²) in [5.41, 5.74) is 0.890. The summed E-state index contributed by atoms with van der Waals surface area (Å²) in [7, 11) is 0. The molecule has 23 heavy (non-hydrogen) atoms. The van der Waals surface area contributed by atoms with E-state index in [1.165, 1.54) is 0 Å². The Hall–Kier alpha value is -2.37. The molecular weight excluding hydrogens is 294 g/mol. The van der Waals surface area contributed by atoms with Gasteiger partial charge in [0.15, 0.2) is 0 Å². The lowest BCUT2D eigenvalue weighted by Crippen LogP contribution is -2.52. The van der Waals surface area contributed by atoms with Crippen LogP contribution in [0.4, 0.5) is 0 Å². The molecule has 0 spiro atoms. The largest absolute Gasteiger partial charge is 0.354 e. The van der Waals surface area contributed by atoms with Gasteiger partial charge in [0.2, 0.25) is 17.7 Å². The van der Waals surface area contributed by atoms with E-state index in [0.29, 0.717) is 13.0 Å². The van der Waals surface area contributed by atoms with Crippen LogP contribution >= 0.6 is 0 Å². The summed E-state index contributed by atoms with van der Waals surface area (Å²) in [6, 6.07) is 8.14. The van der Waals surface area contributed by atoms with Gasteiger partial charge in [0.1, 0.15) is 12.1 Å². The van der Waals surface area contributed by atoms with Crippen molar-refractivity contribution in [1.82, 2.24) is 16.0 Å². The van der Waals surface area contributed by atoms with Gasteiger partial charge in [0, 0.05) is 6.54 Å². The number of rotatable bonds is 5. The maximum atomic E-state index is 12.2. The van der Waals surface area contributed by atoms with E-state index in [1.807, 2.05) is 30.3 Å². The van der Waals surface area contributed by atoms with Crippen molar-refractivity contribution in [2.75, 3.05) is 6.54 Å². The highest BCUT2D eigenvalue weighted by atomic mass is 16.2. The SMILES string of the molecule is CC(NC(=O)Cc1ccccc1)C(=O)NC1CCCCNC1=O. The lowest BCUT2D eigenvalue weighted by molar-refractivity contribution is -0.131. The van der Waals surface area contributed by atoms with E-state index in [0.717, 1.165) is 18.4 Å². The molecule has 2 rings (SSSR count). The van der Waals surface area contributed by atoms with Gasteiger partial charge in [-0.15, -0.1) is 0 Å². The van der Waals surface area contributed by atoms with Gasteiger partial charge in [-0.3, -0.25) is 14.4 Å². The highest BCUT2D eigenvalue weighted by Crippen LogP contribution is 2.05. The molecule has 3 N–H and O–H groups in total. The van der Waals surface area contributed by atoms with E-state index in [2.05, 4.69) is 16.0 Å². The second-order valence-corrected chi connectivity index (χ2v) is 5.80. The van der Waals surface area contributed by atoms with Crippen molar-refractivity contribution in [3.63, 3.8) is 0 Å². The van der Waals surface area contributed by atoms with Crippen LogP contribution in [0.25, 0.3) is 0 Å². The summed E-state index contributed by atoms with van der Waals surface area (Å²) in [6.07, 6.45) is 2.66. The van der Waals surface area contributed by atoms with Gasteiger partial charge in [-0.1, -0.05) is 30.3 Å². The minimum absolute atomic E-state index is 0.154. The van der Waals surface area contributed by atoms with Gasteiger partial charge in [0.25, 0.3) is 0 Å². The summed E-state index contributed by atoms with van der Waals surface area (Å²) >= 11 is 0. The molecule has 3 amide bonds. The molecule has 1 aromatic carbocycles. The van der Waals surface area contributed by atoms with Gasteiger partial charge in [0.05, 0.1) is 6.42 Å². The van der Waals surface area contributed by atoms with Crippen molar-refractivity contribution < 1.29 is 14.4 Å². The number of carbonyl (C=O) groups excluding carboxylic acids is 3. The maximum Gasteiger partial charge on any atom is 0.242 e. The van der Waals surface area contributed by atoms with Crippen molar-refractivity contribution in [1.29, 1.82) is 0 Å². The zero-order valence-electron chi connectivity index (χ0n) is 13.3. The fraction of sp³-hybridized carbons (Fsp3) is 0.471. The van der Waals surface area contributed by atoms with E-state index in [9.17, 15) is 14.4 Å². The molecule has 0 radical (unpaired) electrons. The number of hydrogen-bond acceptors (Lipinski definition) is 3. The number of hydrogen-bond donors (Lipinski definition) is 3. The van der Waals surface area contributed by atoms with Crippen molar-refractivity contribution in [3.05, 3.63) is 35.9 Å². The van der Waals surface area contributed by atoms with Crippen molar-refractivity contribution >= 4 is 17.7 Å². The van der Waals surface area contributed by atoms with E-state index in [4.69, 9.17) is 0 Å². The average Bonchev–Trinajstić information content (AvgIpc) is 2.73. The van der Waals surface area contributed by atoms with Crippen LogP contribution in [0.15, 0.2) is 30.3 Å². The van der Waals surface area contributed by atoms with E-state index in [1.54, 1.807) is 6.92 Å². The standard InChI is InChI=1S/C17H23N3O3/c1-12(19-15(21)11-13-7-3-2-4-8-13)16(22)20-14-9-5-6-10-18-17(14)23/h2-4,7-8,12,14H,5-6,9-11H2,1H3,(H,18,23)(H,19,21)(H,20,22). The molecule has 6 nitrogen and oxygen atoms in total. The smallest absolute Gasteiger partial charge is 0.242 e. The van der Waals surface area contributed by atoms with Crippen LogP contribution in [0.2, 0.25) is 0 Å². The van der Waals surface area contributed by atoms with Crippen LogP contribution in [-0.4, -0.2) is 36.3 Å². The summed E-state index contributed by atoms with van der Waals surface area (Å²) in [6.45, 7) is 2.27. The maximum absolute atomic E-state index is 12.2. The lowest BCUT2D eigenvalue weighted by Gasteiger charge is -2.19. The van der Waals surface area contributed by atoms with Crippen LogP contribution in [0.3, 0.4) is 0 Å². The molecule has 0 saturated carbocycles. The third-order valence-electron chi connectivity index (χ3n) is 3.83. The molecule has 1 heterocycles. The Balaban J connectivity index is 1.82. The quantitative estimate of drug-likeness (QED) is 0.740. The zero-order valence-corrected chi connectivity index (χ0v) is 13.3. The first-order chi connectivity index (χ1) is 11.1. The Labute approximate surface area is 136 Å². The number of amides is 3. The van der Waals surface area contributed by atoms with Gasteiger partial charge in [-0.25, -0.2) is 0 Å². The molecule has 1 aliphatic heterocycles. The third kappa shape index (κ3) is 5.39. The van der Waals surface area contributed by atoms with Crippen molar-refractivity contribution in [2.45, 2.75) is 44.7 Å². The summed E-state index contributed by atoms with van der Waals surface area (Å²) in [5.74, 6) is -0.712. The molecule has 0 bridgehead atoms. The molecule has 1 saturated heterocycles. The minimum Gasteiger partial charge on any atom is -0.354 e. The first kappa shape index (κ1) is 17.0. The molecule has 1 fully saturated rings. The molecule has 1 aromatic rings. The molecule has 0 aromatic heterocycles. The first-order valence-electron chi connectivity index (χ1n) is 7.97. The molecule has 6 heteroatoms. The Morgan fingerprint density at radius 2 is 2.00 bits per heavy atom. The monoisotopic (exact) mass is 317 g/mol. The van der Waals surface area contributed by atoms with Crippen LogP contribution in [-0.2, 0) is 20.8 Å². The topological polar surface area (TPSA) is 87.3 Å². The van der Waals surface area contributed by atoms with E-state index < -0.39 is 12.1 Å². The second kappa shape index (κ2) is 8.31. The molecule has 124 valence electrons. The first-order valence-corrected chi connectivity index (χ1v) is 7.97. The zero-order chi connectivity index (χ0) is 16.7. The number of nitrogens with one attached hydrogen (secondary N) is 3. The molecular formula is C17H23N3O3. The van der Waals surface area contributed by atoms with E-state index in [-0.39, 0.29) is 24.1 Å². The Bertz CT molecular complexity index is 559. The van der Waals surface area contributed by atoms with E-state index >= 15 is 0 Å². The average molecular weight is 317 g/mol. The van der Waals surface area contributed by atoms with Gasteiger partial charge >= 0.3 is 0 Å². The fourth-order valence-corrected chi connectivity index (χ4v) is 2.51. The Morgan fingerprint density at radius 1 is 1.26 bits per heavy atom. The summed E-state index contributed by atoms with van der Waals surface area (Å²) in [5, 5.41) is 8.15. The highest BCUT2D eigenvalue weighted by Gasteiger charge is 2.25. The lowest BCUT2D eigenvalue weighted by atomic mass is 10.1. The number of carbonyl (C=O) groups is 3. The highest BCUT2D eigenvalue weighted by molar-refractivity contribution is 5.92. The Morgan fingerprint density at radius 3 is 2.74 bits per heavy atom. The van der Waals surface area contributed by atoms with Crippen molar-refractivity contribution in [2.24, 2.45) is 0 Å². The van der Waals surface area contributed by atoms with Crippen molar-refractivity contribution in [3.8, 4) is 0 Å². The minimum atomic E-state index is -0.678. The Kier molecular flexibility index (Phi) is 6.14. The summed E-state index contributed by atoms with van der Waals surface area (Å²) < 4.78 is 0. The fourth-order valence-electron chi connectivity index (χ4n) is 2.51. The van der Waals surface area contributed by atoms with Crippen LogP contribution in [0, 0.1) is 0 Å². The third-order valence-corrected chi connectivity index (χ3v) is 3.83. The van der Waals surface area contributed by atoms with Gasteiger partial charge < -0.3 is 16.0 Å². The molecule has 2 unspecified atom stereocenters. The number of benzene rings is 1. The van der Waals surface area contributed by atoms with Crippen LogP contribution in [0.1, 0.15) is 31.7 Å². The summed E-state index contributed by atoms with van der Waals surface area (Å²) in [4.78, 5) is 35.9. The van der Waals surface area contributed by atoms with Crippen LogP contribution in [0.5, 0.6) is 0 Å². The predicted octanol–water partition coefficient (Wildman–Crippen LogP) is 0.519.